The molecule has 3 atom stereocenters. The standard InChI is InChI=1S/C25H29N5O3/c1-16-12-29(13-17(2)33-16)24-26-23(19-8-5-9-22(32)11-19)27-25(28-24)30-14-20-7-4-3-6-18(20)10-21(30)15-31/h3-9,11,16-17,21,31-32H,10,12-15H2,1-2H3/t16?,17?,21-/m1/s1. The van der Waals surface area contributed by atoms with E-state index in [2.05, 4.69) is 21.9 Å². The lowest BCUT2D eigenvalue weighted by atomic mass is 9.94. The minimum atomic E-state index is -0.130. The molecule has 33 heavy (non-hydrogen) atoms. The summed E-state index contributed by atoms with van der Waals surface area (Å²) < 4.78 is 5.90. The molecule has 2 N–H and O–H groups in total. The molecule has 0 radical (unpaired) electrons. The van der Waals surface area contributed by atoms with E-state index in [0.717, 1.165) is 6.42 Å². The molecule has 2 aliphatic heterocycles. The van der Waals surface area contributed by atoms with Crippen LogP contribution in [0.5, 0.6) is 5.75 Å². The highest BCUT2D eigenvalue weighted by atomic mass is 16.5. The van der Waals surface area contributed by atoms with Crippen molar-refractivity contribution in [3.05, 3.63) is 59.7 Å². The Morgan fingerprint density at radius 1 is 0.939 bits per heavy atom. The predicted octanol–water partition coefficient (Wildman–Crippen LogP) is 2.78. The summed E-state index contributed by atoms with van der Waals surface area (Å²) in [4.78, 5) is 18.6. The number of aromatic nitrogens is 3. The second-order valence-corrected chi connectivity index (χ2v) is 8.91. The van der Waals surface area contributed by atoms with E-state index in [1.54, 1.807) is 18.2 Å². The summed E-state index contributed by atoms with van der Waals surface area (Å²) in [7, 11) is 0. The van der Waals surface area contributed by atoms with Gasteiger partial charge < -0.3 is 24.7 Å². The molecule has 0 spiro atoms. The molecule has 2 aromatic carbocycles. The lowest BCUT2D eigenvalue weighted by Crippen LogP contribution is -2.47. The van der Waals surface area contributed by atoms with Gasteiger partial charge in [0, 0.05) is 25.2 Å². The first-order valence-electron chi connectivity index (χ1n) is 11.4. The number of aliphatic hydroxyl groups excluding tert-OH is 1. The highest BCUT2D eigenvalue weighted by Crippen LogP contribution is 2.30. The van der Waals surface area contributed by atoms with Gasteiger partial charge in [-0.3, -0.25) is 0 Å². The number of nitrogens with zero attached hydrogens (tertiary/aromatic N) is 5. The number of hydrogen-bond acceptors (Lipinski definition) is 8. The van der Waals surface area contributed by atoms with Crippen molar-refractivity contribution in [2.45, 2.75) is 45.1 Å². The summed E-state index contributed by atoms with van der Waals surface area (Å²) in [5.41, 5.74) is 3.16. The van der Waals surface area contributed by atoms with Gasteiger partial charge in [-0.05, 0) is 43.5 Å². The van der Waals surface area contributed by atoms with Crippen molar-refractivity contribution in [1.29, 1.82) is 0 Å². The predicted molar refractivity (Wildman–Crippen MR) is 126 cm³/mol. The van der Waals surface area contributed by atoms with Gasteiger partial charge in [0.15, 0.2) is 5.82 Å². The Morgan fingerprint density at radius 2 is 1.67 bits per heavy atom. The van der Waals surface area contributed by atoms with Crippen molar-refractivity contribution in [2.24, 2.45) is 0 Å². The third-order valence-electron chi connectivity index (χ3n) is 6.24. The fourth-order valence-corrected chi connectivity index (χ4v) is 4.72. The number of ether oxygens (including phenoxy) is 1. The number of morpholine rings is 1. The maximum absolute atomic E-state index is 10.2. The fourth-order valence-electron chi connectivity index (χ4n) is 4.72. The van der Waals surface area contributed by atoms with Gasteiger partial charge in [0.25, 0.3) is 0 Å². The zero-order valence-corrected chi connectivity index (χ0v) is 18.9. The maximum atomic E-state index is 10.2. The summed E-state index contributed by atoms with van der Waals surface area (Å²) >= 11 is 0. The topological polar surface area (TPSA) is 94.8 Å². The van der Waals surface area contributed by atoms with Crippen LogP contribution < -0.4 is 9.80 Å². The van der Waals surface area contributed by atoms with Gasteiger partial charge in [0.05, 0.1) is 24.9 Å². The Labute approximate surface area is 193 Å². The summed E-state index contributed by atoms with van der Waals surface area (Å²) in [6.07, 6.45) is 0.844. The molecule has 0 aliphatic carbocycles. The Hall–Kier alpha value is -3.23. The zero-order valence-electron chi connectivity index (χ0n) is 18.9. The first-order chi connectivity index (χ1) is 16.0. The molecule has 1 fully saturated rings. The second-order valence-electron chi connectivity index (χ2n) is 8.91. The monoisotopic (exact) mass is 447 g/mol. The van der Waals surface area contributed by atoms with E-state index in [1.807, 2.05) is 32.0 Å². The Bertz CT molecular complexity index is 1130. The number of phenols is 1. The van der Waals surface area contributed by atoms with Gasteiger partial charge in [-0.1, -0.05) is 36.4 Å². The SMILES string of the molecule is CC1CN(c2nc(-c3cccc(O)c3)nc(N3Cc4ccccc4C[C@@H]3CO)n2)CC(C)O1. The van der Waals surface area contributed by atoms with Gasteiger partial charge in [-0.2, -0.15) is 15.0 Å². The van der Waals surface area contributed by atoms with Crippen LogP contribution in [-0.2, 0) is 17.7 Å². The summed E-state index contributed by atoms with van der Waals surface area (Å²) in [5, 5.41) is 20.2. The van der Waals surface area contributed by atoms with Crippen LogP contribution in [0.1, 0.15) is 25.0 Å². The van der Waals surface area contributed by atoms with Crippen LogP contribution in [0.4, 0.5) is 11.9 Å². The number of phenolic OH excluding ortho intramolecular Hbond substituents is 1. The van der Waals surface area contributed by atoms with E-state index < -0.39 is 0 Å². The first kappa shape index (κ1) is 21.6. The molecular weight excluding hydrogens is 418 g/mol. The first-order valence-corrected chi connectivity index (χ1v) is 11.4. The number of hydrogen-bond donors (Lipinski definition) is 2. The van der Waals surface area contributed by atoms with Crippen molar-refractivity contribution >= 4 is 11.9 Å². The van der Waals surface area contributed by atoms with E-state index in [-0.39, 0.29) is 30.6 Å². The van der Waals surface area contributed by atoms with Crippen molar-refractivity contribution in [3.63, 3.8) is 0 Å². The van der Waals surface area contributed by atoms with E-state index in [1.165, 1.54) is 11.1 Å². The summed E-state index contributed by atoms with van der Waals surface area (Å²) in [6.45, 7) is 6.07. The minimum Gasteiger partial charge on any atom is -0.508 e. The molecule has 8 nitrogen and oxygen atoms in total. The number of fused-ring (bicyclic) bond motifs is 1. The van der Waals surface area contributed by atoms with Crippen LogP contribution in [0, 0.1) is 0 Å². The number of aromatic hydroxyl groups is 1. The van der Waals surface area contributed by atoms with Crippen LogP contribution in [0.3, 0.4) is 0 Å². The third kappa shape index (κ3) is 4.49. The third-order valence-corrected chi connectivity index (χ3v) is 6.24. The minimum absolute atomic E-state index is 0.00241. The Balaban J connectivity index is 1.59. The average Bonchev–Trinajstić information content (AvgIpc) is 2.82. The number of benzene rings is 2. The molecule has 5 rings (SSSR count). The van der Waals surface area contributed by atoms with Crippen LogP contribution in [0.25, 0.3) is 11.4 Å². The summed E-state index contributed by atoms with van der Waals surface area (Å²) in [5.74, 6) is 1.76. The quantitative estimate of drug-likeness (QED) is 0.631. The molecule has 2 unspecified atom stereocenters. The second kappa shape index (κ2) is 8.96. The molecule has 3 heterocycles. The normalized spacial score (nSPS) is 22.8. The molecule has 2 aliphatic rings. The van der Waals surface area contributed by atoms with Gasteiger partial charge in [-0.15, -0.1) is 0 Å². The van der Waals surface area contributed by atoms with E-state index in [4.69, 9.17) is 19.7 Å². The van der Waals surface area contributed by atoms with Crippen molar-refractivity contribution in [1.82, 2.24) is 15.0 Å². The summed E-state index contributed by atoms with van der Waals surface area (Å²) in [6, 6.07) is 15.1. The van der Waals surface area contributed by atoms with E-state index in [0.29, 0.717) is 42.9 Å². The highest BCUT2D eigenvalue weighted by Gasteiger charge is 2.30. The number of aliphatic hydroxyl groups is 1. The van der Waals surface area contributed by atoms with Crippen LogP contribution in [-0.4, -0.2) is 63.1 Å². The number of rotatable bonds is 4. The fraction of sp³-hybridized carbons (Fsp3) is 0.400. The largest absolute Gasteiger partial charge is 0.508 e. The molecular formula is C25H29N5O3. The average molecular weight is 448 g/mol. The van der Waals surface area contributed by atoms with Crippen LogP contribution in [0.15, 0.2) is 48.5 Å². The number of anilines is 2. The Morgan fingerprint density at radius 3 is 2.39 bits per heavy atom. The van der Waals surface area contributed by atoms with Crippen molar-refractivity contribution in [2.75, 3.05) is 29.5 Å². The van der Waals surface area contributed by atoms with Crippen molar-refractivity contribution in [3.8, 4) is 17.1 Å². The van der Waals surface area contributed by atoms with Gasteiger partial charge in [-0.25, -0.2) is 0 Å². The van der Waals surface area contributed by atoms with E-state index >= 15 is 0 Å². The lowest BCUT2D eigenvalue weighted by molar-refractivity contribution is -0.00572. The van der Waals surface area contributed by atoms with Crippen LogP contribution >= 0.6 is 0 Å². The molecule has 3 aromatic rings. The Kier molecular flexibility index (Phi) is 5.86. The van der Waals surface area contributed by atoms with Crippen molar-refractivity contribution < 1.29 is 14.9 Å². The molecule has 172 valence electrons. The molecule has 0 amide bonds. The lowest BCUT2D eigenvalue weighted by Gasteiger charge is -2.38. The van der Waals surface area contributed by atoms with E-state index in [9.17, 15) is 10.2 Å². The molecule has 8 heteroatoms. The molecule has 0 bridgehead atoms. The van der Waals surface area contributed by atoms with Gasteiger partial charge >= 0.3 is 0 Å². The molecule has 1 saturated heterocycles. The smallest absolute Gasteiger partial charge is 0.231 e. The highest BCUT2D eigenvalue weighted by molar-refractivity contribution is 5.61. The van der Waals surface area contributed by atoms with Gasteiger partial charge in [0.1, 0.15) is 5.75 Å². The maximum Gasteiger partial charge on any atom is 0.231 e. The molecule has 0 saturated carbocycles. The van der Waals surface area contributed by atoms with Gasteiger partial charge in [0.2, 0.25) is 11.9 Å². The van der Waals surface area contributed by atoms with Crippen LogP contribution in [0.2, 0.25) is 0 Å². The zero-order chi connectivity index (χ0) is 22.9. The molecule has 1 aromatic heterocycles.